The average molecular weight is 413 g/mol. The molecule has 1 aromatic carbocycles. The van der Waals surface area contributed by atoms with E-state index < -0.39 is 11.2 Å². The number of rotatable bonds is 9. The Kier molecular flexibility index (Phi) is 8.02. The molecule has 0 spiro atoms. The first-order valence-corrected chi connectivity index (χ1v) is 10.9. The van der Waals surface area contributed by atoms with Gasteiger partial charge in [0.05, 0.1) is 6.54 Å². The molecule has 2 aromatic rings. The molecule has 1 saturated heterocycles. The molecule has 2 heterocycles. The predicted molar refractivity (Wildman–Crippen MR) is 118 cm³/mol. The van der Waals surface area contributed by atoms with Gasteiger partial charge in [-0.15, -0.1) is 0 Å². The molecule has 0 atom stereocenters. The van der Waals surface area contributed by atoms with Gasteiger partial charge < -0.3 is 10.2 Å². The van der Waals surface area contributed by atoms with Crippen molar-refractivity contribution in [1.29, 1.82) is 0 Å². The maximum atomic E-state index is 12.6. The molecule has 0 radical (unpaired) electrons. The van der Waals surface area contributed by atoms with E-state index in [4.69, 9.17) is 0 Å². The van der Waals surface area contributed by atoms with Crippen molar-refractivity contribution in [2.75, 3.05) is 26.2 Å². The topological polar surface area (TPSA) is 76.3 Å². The summed E-state index contributed by atoms with van der Waals surface area (Å²) < 4.78 is 2.44. The molecular weight excluding hydrogens is 380 g/mol. The number of carbonyl (C=O) groups is 1. The van der Waals surface area contributed by atoms with Crippen molar-refractivity contribution in [1.82, 2.24) is 19.4 Å². The number of hydrogen-bond donors (Lipinski definition) is 1. The quantitative estimate of drug-likeness (QED) is 0.636. The number of benzene rings is 1. The molecule has 0 bridgehead atoms. The van der Waals surface area contributed by atoms with Gasteiger partial charge in [0, 0.05) is 18.8 Å². The molecule has 1 fully saturated rings. The molecule has 0 unspecified atom stereocenters. The Morgan fingerprint density at radius 2 is 1.80 bits per heavy atom. The second kappa shape index (κ2) is 10.9. The largest absolute Gasteiger partial charge is 0.355 e. The van der Waals surface area contributed by atoms with E-state index in [0.717, 1.165) is 35.4 Å². The van der Waals surface area contributed by atoms with Crippen LogP contribution in [-0.2, 0) is 17.9 Å². The van der Waals surface area contributed by atoms with Gasteiger partial charge in [0.15, 0.2) is 0 Å². The van der Waals surface area contributed by atoms with Crippen molar-refractivity contribution < 1.29 is 4.79 Å². The van der Waals surface area contributed by atoms with Crippen LogP contribution in [0.2, 0.25) is 0 Å². The number of amides is 1. The van der Waals surface area contributed by atoms with Crippen LogP contribution in [0.15, 0.2) is 52.2 Å². The minimum absolute atomic E-state index is 0.253. The third kappa shape index (κ3) is 6.42. The average Bonchev–Trinajstić information content (AvgIpc) is 2.75. The third-order valence-electron chi connectivity index (χ3n) is 5.74. The van der Waals surface area contributed by atoms with Gasteiger partial charge in [-0.1, -0.05) is 37.3 Å². The molecule has 1 amide bonds. The van der Waals surface area contributed by atoms with Gasteiger partial charge in [0.25, 0.3) is 5.56 Å². The summed E-state index contributed by atoms with van der Waals surface area (Å²) in [7, 11) is 0. The summed E-state index contributed by atoms with van der Waals surface area (Å²) in [5.41, 5.74) is 0.0250. The Hall–Kier alpha value is -2.67. The van der Waals surface area contributed by atoms with Crippen molar-refractivity contribution in [3.05, 3.63) is 69.0 Å². The van der Waals surface area contributed by atoms with Gasteiger partial charge in [0.1, 0.15) is 6.54 Å². The second-order valence-corrected chi connectivity index (χ2v) is 8.22. The Labute approximate surface area is 177 Å². The van der Waals surface area contributed by atoms with E-state index in [1.54, 1.807) is 0 Å². The van der Waals surface area contributed by atoms with Crippen LogP contribution in [-0.4, -0.2) is 46.1 Å². The SMILES string of the molecule is CC1CCN(CCCCNC(=O)Cn2c(=O)ccn(Cc3ccccc3)c2=O)CC1. The second-order valence-electron chi connectivity index (χ2n) is 8.22. The lowest BCUT2D eigenvalue weighted by molar-refractivity contribution is -0.121. The number of carbonyl (C=O) groups excluding carboxylic acids is 1. The zero-order valence-corrected chi connectivity index (χ0v) is 17.8. The first-order chi connectivity index (χ1) is 14.5. The van der Waals surface area contributed by atoms with E-state index in [2.05, 4.69) is 17.1 Å². The van der Waals surface area contributed by atoms with Gasteiger partial charge in [-0.25, -0.2) is 4.79 Å². The Morgan fingerprint density at radius 1 is 1.07 bits per heavy atom. The molecule has 0 aliphatic carbocycles. The van der Waals surface area contributed by atoms with E-state index in [1.165, 1.54) is 42.8 Å². The normalized spacial score (nSPS) is 15.2. The minimum Gasteiger partial charge on any atom is -0.355 e. The molecule has 162 valence electrons. The summed E-state index contributed by atoms with van der Waals surface area (Å²) >= 11 is 0. The molecule has 7 nitrogen and oxygen atoms in total. The number of nitrogens with one attached hydrogen (secondary N) is 1. The molecule has 1 aromatic heterocycles. The van der Waals surface area contributed by atoms with E-state index in [1.807, 2.05) is 30.3 Å². The molecule has 1 aliphatic heterocycles. The Morgan fingerprint density at radius 3 is 2.53 bits per heavy atom. The molecule has 0 saturated carbocycles. The first-order valence-electron chi connectivity index (χ1n) is 10.9. The predicted octanol–water partition coefficient (Wildman–Crippen LogP) is 1.69. The summed E-state index contributed by atoms with van der Waals surface area (Å²) in [5, 5.41) is 2.83. The number of nitrogens with zero attached hydrogens (tertiary/aromatic N) is 3. The fourth-order valence-corrected chi connectivity index (χ4v) is 3.78. The number of likely N-dealkylation sites (tertiary alicyclic amines) is 1. The van der Waals surface area contributed by atoms with Crippen LogP contribution in [0.1, 0.15) is 38.2 Å². The zero-order chi connectivity index (χ0) is 21.3. The van der Waals surface area contributed by atoms with Gasteiger partial charge >= 0.3 is 5.69 Å². The fourth-order valence-electron chi connectivity index (χ4n) is 3.78. The molecule has 7 heteroatoms. The van der Waals surface area contributed by atoms with E-state index >= 15 is 0 Å². The van der Waals surface area contributed by atoms with Crippen LogP contribution in [0.25, 0.3) is 0 Å². The summed E-state index contributed by atoms with van der Waals surface area (Å²) in [4.78, 5) is 39.5. The van der Waals surface area contributed by atoms with Crippen LogP contribution in [0.5, 0.6) is 0 Å². The number of piperidine rings is 1. The van der Waals surface area contributed by atoms with Crippen LogP contribution in [0.4, 0.5) is 0 Å². The van der Waals surface area contributed by atoms with Crippen LogP contribution in [0.3, 0.4) is 0 Å². The van der Waals surface area contributed by atoms with E-state index in [0.29, 0.717) is 13.1 Å². The lowest BCUT2D eigenvalue weighted by Crippen LogP contribution is -2.43. The minimum atomic E-state index is -0.471. The fraction of sp³-hybridized carbons (Fsp3) is 0.522. The number of unbranched alkanes of at least 4 members (excludes halogenated alkanes) is 1. The monoisotopic (exact) mass is 412 g/mol. The zero-order valence-electron chi connectivity index (χ0n) is 17.8. The van der Waals surface area contributed by atoms with E-state index in [9.17, 15) is 14.4 Å². The Balaban J connectivity index is 1.46. The third-order valence-corrected chi connectivity index (χ3v) is 5.74. The molecular formula is C23H32N4O3. The van der Waals surface area contributed by atoms with Gasteiger partial charge in [-0.2, -0.15) is 0 Å². The highest BCUT2D eigenvalue weighted by molar-refractivity contribution is 5.75. The number of aromatic nitrogens is 2. The first kappa shape index (κ1) is 22.0. The summed E-state index contributed by atoms with van der Waals surface area (Å²) in [6.45, 7) is 6.36. The van der Waals surface area contributed by atoms with E-state index in [-0.39, 0.29) is 12.5 Å². The lowest BCUT2D eigenvalue weighted by atomic mass is 9.99. The Bertz CT molecular complexity index is 927. The highest BCUT2D eigenvalue weighted by Crippen LogP contribution is 2.16. The summed E-state index contributed by atoms with van der Waals surface area (Å²) in [6.07, 6.45) is 5.94. The van der Waals surface area contributed by atoms with Crippen molar-refractivity contribution in [2.45, 2.75) is 45.7 Å². The van der Waals surface area contributed by atoms with Gasteiger partial charge in [-0.05, 0) is 56.8 Å². The standard InChI is InChI=1S/C23H32N4O3/c1-19-9-14-25(15-10-19)13-6-5-12-24-21(28)18-27-22(29)11-16-26(23(27)30)17-20-7-3-2-4-8-20/h2-4,7-8,11,16,19H,5-6,9-10,12-15,17-18H2,1H3,(H,24,28). The molecule has 1 aliphatic rings. The van der Waals surface area contributed by atoms with Crippen molar-refractivity contribution >= 4 is 5.91 Å². The summed E-state index contributed by atoms with van der Waals surface area (Å²) in [6, 6.07) is 10.9. The van der Waals surface area contributed by atoms with Gasteiger partial charge in [0.2, 0.25) is 5.91 Å². The maximum Gasteiger partial charge on any atom is 0.331 e. The van der Waals surface area contributed by atoms with Crippen LogP contribution >= 0.6 is 0 Å². The highest BCUT2D eigenvalue weighted by atomic mass is 16.2. The van der Waals surface area contributed by atoms with Crippen molar-refractivity contribution in [3.8, 4) is 0 Å². The van der Waals surface area contributed by atoms with Crippen LogP contribution in [0, 0.1) is 5.92 Å². The van der Waals surface area contributed by atoms with Gasteiger partial charge in [-0.3, -0.25) is 18.7 Å². The van der Waals surface area contributed by atoms with Crippen LogP contribution < -0.4 is 16.6 Å². The summed E-state index contributed by atoms with van der Waals surface area (Å²) in [5.74, 6) is 0.526. The van der Waals surface area contributed by atoms with Crippen molar-refractivity contribution in [3.63, 3.8) is 0 Å². The molecule has 1 N–H and O–H groups in total. The lowest BCUT2D eigenvalue weighted by Gasteiger charge is -2.30. The number of hydrogen-bond acceptors (Lipinski definition) is 4. The highest BCUT2D eigenvalue weighted by Gasteiger charge is 2.15. The molecule has 3 rings (SSSR count). The van der Waals surface area contributed by atoms with Crippen molar-refractivity contribution in [2.24, 2.45) is 5.92 Å². The smallest absolute Gasteiger partial charge is 0.331 e. The molecule has 30 heavy (non-hydrogen) atoms. The maximum absolute atomic E-state index is 12.6.